The van der Waals surface area contributed by atoms with Crippen molar-refractivity contribution >= 4 is 24.2 Å². The summed E-state index contributed by atoms with van der Waals surface area (Å²) in [5.41, 5.74) is 4.69. The van der Waals surface area contributed by atoms with Crippen LogP contribution in [0.1, 0.15) is 46.1 Å². The number of carboxylic acid groups (broad SMARTS) is 1. The largest absolute Gasteiger partial charge is 0.513 e. The van der Waals surface area contributed by atoms with E-state index in [2.05, 4.69) is 0 Å². The first kappa shape index (κ1) is 26.7. The van der Waals surface area contributed by atoms with Gasteiger partial charge in [0.1, 0.15) is 11.6 Å². The average Bonchev–Trinajstić information content (AvgIpc) is 2.69. The van der Waals surface area contributed by atoms with Crippen molar-refractivity contribution in [1.29, 1.82) is 0 Å². The van der Waals surface area contributed by atoms with Crippen LogP contribution in [0.4, 0.5) is 9.59 Å². The molecule has 0 aromatic heterocycles. The van der Waals surface area contributed by atoms with Gasteiger partial charge in [-0.2, -0.15) is 0 Å². The molecule has 32 heavy (non-hydrogen) atoms. The van der Waals surface area contributed by atoms with E-state index in [1.807, 2.05) is 0 Å². The highest BCUT2D eigenvalue weighted by molar-refractivity contribution is 5.79. The van der Waals surface area contributed by atoms with E-state index >= 15 is 0 Å². The van der Waals surface area contributed by atoms with Gasteiger partial charge in [-0.05, 0) is 38.5 Å². The van der Waals surface area contributed by atoms with Crippen LogP contribution in [0.15, 0.2) is 18.2 Å². The van der Waals surface area contributed by atoms with Gasteiger partial charge in [0.2, 0.25) is 0 Å². The summed E-state index contributed by atoms with van der Waals surface area (Å²) in [5, 5.41) is 9.69. The van der Waals surface area contributed by atoms with E-state index in [1.165, 1.54) is 18.2 Å². The number of hydrogen-bond donors (Lipinski definition) is 2. The molecule has 1 rings (SSSR count). The molecule has 0 spiro atoms. The summed E-state index contributed by atoms with van der Waals surface area (Å²) in [6.45, 7) is 6.45. The number of benzene rings is 1. The molecular formula is C21H29NO10. The Labute approximate surface area is 185 Å². The molecule has 1 unspecified atom stereocenters. The molecule has 0 fully saturated rings. The Morgan fingerprint density at radius 1 is 1.00 bits per heavy atom. The number of nitrogens with two attached hydrogens (primary N) is 1. The molecule has 1 aromatic rings. The number of hydrogen-bond acceptors (Lipinski definition) is 10. The van der Waals surface area contributed by atoms with Crippen molar-refractivity contribution in [1.82, 2.24) is 0 Å². The Balaban J connectivity index is 3.17. The Morgan fingerprint density at radius 2 is 1.56 bits per heavy atom. The number of aliphatic carboxylic acids is 1. The fourth-order valence-corrected chi connectivity index (χ4v) is 2.76. The van der Waals surface area contributed by atoms with Crippen molar-refractivity contribution in [2.24, 2.45) is 5.73 Å². The van der Waals surface area contributed by atoms with E-state index in [0.717, 1.165) is 0 Å². The first-order valence-corrected chi connectivity index (χ1v) is 10.1. The molecule has 0 aliphatic heterocycles. The van der Waals surface area contributed by atoms with Crippen LogP contribution in [-0.4, -0.2) is 54.2 Å². The smallest absolute Gasteiger partial charge is 0.480 e. The van der Waals surface area contributed by atoms with E-state index in [-0.39, 0.29) is 44.0 Å². The maximum Gasteiger partial charge on any atom is 0.513 e. The van der Waals surface area contributed by atoms with Crippen LogP contribution < -0.4 is 15.2 Å². The second-order valence-corrected chi connectivity index (χ2v) is 6.85. The highest BCUT2D eigenvalue weighted by atomic mass is 16.7. The summed E-state index contributed by atoms with van der Waals surface area (Å²) in [4.78, 5) is 46.8. The Hall–Kier alpha value is -3.34. The highest BCUT2D eigenvalue weighted by Crippen LogP contribution is 2.31. The normalized spacial score (nSPS) is 13.3. The molecule has 1 aromatic carbocycles. The zero-order chi connectivity index (χ0) is 24.3. The topological polar surface area (TPSA) is 161 Å². The van der Waals surface area contributed by atoms with Gasteiger partial charge in [-0.25, -0.2) is 9.59 Å². The first-order chi connectivity index (χ1) is 15.0. The third kappa shape index (κ3) is 8.42. The molecule has 0 aliphatic carbocycles. The second kappa shape index (κ2) is 12.5. The fraction of sp³-hybridized carbons (Fsp3) is 0.524. The molecule has 0 bridgehead atoms. The average molecular weight is 455 g/mol. The fourth-order valence-electron chi connectivity index (χ4n) is 2.76. The van der Waals surface area contributed by atoms with Crippen molar-refractivity contribution in [3.8, 4) is 11.5 Å². The lowest BCUT2D eigenvalue weighted by molar-refractivity contribution is -0.153. The summed E-state index contributed by atoms with van der Waals surface area (Å²) < 4.78 is 24.7. The molecule has 0 heterocycles. The zero-order valence-electron chi connectivity index (χ0n) is 18.5. The monoisotopic (exact) mass is 455 g/mol. The predicted octanol–water partition coefficient (Wildman–Crippen LogP) is 2.81. The number of carboxylic acids is 1. The molecule has 2 atom stereocenters. The highest BCUT2D eigenvalue weighted by Gasteiger charge is 2.37. The number of carbonyl (C=O) groups excluding carboxylic acids is 3. The van der Waals surface area contributed by atoms with E-state index in [1.54, 1.807) is 27.7 Å². The van der Waals surface area contributed by atoms with Crippen LogP contribution in [0.2, 0.25) is 0 Å². The van der Waals surface area contributed by atoms with Gasteiger partial charge in [-0.1, -0.05) is 13.0 Å². The van der Waals surface area contributed by atoms with Gasteiger partial charge in [0.05, 0.1) is 13.2 Å². The van der Waals surface area contributed by atoms with Crippen LogP contribution in [0.5, 0.6) is 11.5 Å². The molecule has 11 heteroatoms. The molecule has 0 saturated carbocycles. The third-order valence-corrected chi connectivity index (χ3v) is 4.14. The van der Waals surface area contributed by atoms with Crippen molar-refractivity contribution < 1.29 is 48.0 Å². The minimum absolute atomic E-state index is 0.0475. The molecule has 0 saturated heterocycles. The van der Waals surface area contributed by atoms with Crippen molar-refractivity contribution in [3.05, 3.63) is 23.8 Å². The molecule has 0 radical (unpaired) electrons. The maximum atomic E-state index is 11.9. The van der Waals surface area contributed by atoms with Gasteiger partial charge in [0.25, 0.3) is 0 Å². The van der Waals surface area contributed by atoms with Gasteiger partial charge in [-0.3, -0.25) is 9.59 Å². The van der Waals surface area contributed by atoms with E-state index in [0.29, 0.717) is 5.56 Å². The number of carbonyl (C=O) groups is 4. The van der Waals surface area contributed by atoms with Gasteiger partial charge in [0, 0.05) is 19.3 Å². The number of rotatable bonds is 11. The van der Waals surface area contributed by atoms with Crippen LogP contribution >= 0.6 is 0 Å². The number of ether oxygens (including phenoxy) is 5. The van der Waals surface area contributed by atoms with Crippen LogP contribution in [0.25, 0.3) is 0 Å². The predicted molar refractivity (Wildman–Crippen MR) is 110 cm³/mol. The van der Waals surface area contributed by atoms with Crippen LogP contribution in [-0.2, 0) is 30.2 Å². The summed E-state index contributed by atoms with van der Waals surface area (Å²) in [5.74, 6) is -2.11. The SMILES string of the molecule is CCOC(=O)Oc1ccc(CC(N)(C[C@H](C)OC(=O)CC)C(=O)O)cc1OC(=O)OCC. The van der Waals surface area contributed by atoms with Gasteiger partial charge in [-0.15, -0.1) is 0 Å². The molecule has 3 N–H and O–H groups in total. The summed E-state index contributed by atoms with van der Waals surface area (Å²) in [6.07, 6.45) is -3.02. The Kier molecular flexibility index (Phi) is 10.4. The van der Waals surface area contributed by atoms with Crippen molar-refractivity contribution in [2.75, 3.05) is 13.2 Å². The minimum atomic E-state index is -1.79. The molecule has 0 amide bonds. The minimum Gasteiger partial charge on any atom is -0.480 e. The van der Waals surface area contributed by atoms with E-state index in [9.17, 15) is 24.3 Å². The summed E-state index contributed by atoms with van der Waals surface area (Å²) >= 11 is 0. The van der Waals surface area contributed by atoms with Crippen molar-refractivity contribution in [2.45, 2.75) is 58.6 Å². The van der Waals surface area contributed by atoms with Gasteiger partial charge >= 0.3 is 24.2 Å². The van der Waals surface area contributed by atoms with Crippen LogP contribution in [0.3, 0.4) is 0 Å². The lowest BCUT2D eigenvalue weighted by Gasteiger charge is -2.28. The molecular weight excluding hydrogens is 426 g/mol. The lowest BCUT2D eigenvalue weighted by atomic mass is 9.86. The summed E-state index contributed by atoms with van der Waals surface area (Å²) in [7, 11) is 0. The Morgan fingerprint density at radius 3 is 2.06 bits per heavy atom. The first-order valence-electron chi connectivity index (χ1n) is 10.1. The standard InChI is InChI=1S/C21H29NO10/c1-5-17(23)30-13(4)11-21(22,18(24)25)12-14-8-9-15(31-19(26)28-6-2)16(10-14)32-20(27)29-7-3/h8-10,13H,5-7,11-12,22H2,1-4H3,(H,24,25)/t13-,21?/m0/s1. The van der Waals surface area contributed by atoms with Gasteiger partial charge < -0.3 is 34.5 Å². The lowest BCUT2D eigenvalue weighted by Crippen LogP contribution is -2.52. The third-order valence-electron chi connectivity index (χ3n) is 4.14. The Bertz CT molecular complexity index is 825. The molecule has 11 nitrogen and oxygen atoms in total. The van der Waals surface area contributed by atoms with Crippen LogP contribution in [0, 0.1) is 0 Å². The van der Waals surface area contributed by atoms with Crippen molar-refractivity contribution in [3.63, 3.8) is 0 Å². The molecule has 0 aliphatic rings. The van der Waals surface area contributed by atoms with E-state index < -0.39 is 35.9 Å². The molecule has 178 valence electrons. The zero-order valence-corrected chi connectivity index (χ0v) is 18.5. The van der Waals surface area contributed by atoms with Gasteiger partial charge in [0.15, 0.2) is 11.5 Å². The second-order valence-electron chi connectivity index (χ2n) is 6.85. The summed E-state index contributed by atoms with van der Waals surface area (Å²) in [6, 6.07) is 4.07. The number of esters is 1. The quantitative estimate of drug-likeness (QED) is 0.287. The maximum absolute atomic E-state index is 11.9. The van der Waals surface area contributed by atoms with E-state index in [4.69, 9.17) is 29.4 Å².